The lowest BCUT2D eigenvalue weighted by Crippen LogP contribution is -2.36. The minimum absolute atomic E-state index is 0.119. The molecule has 0 spiro atoms. The van der Waals surface area contributed by atoms with Crippen LogP contribution in [0.4, 0.5) is 0 Å². The Labute approximate surface area is 115 Å². The highest BCUT2D eigenvalue weighted by Gasteiger charge is 2.21. The molecule has 1 aliphatic carbocycles. The molecule has 3 heteroatoms. The van der Waals surface area contributed by atoms with Gasteiger partial charge in [-0.25, -0.2) is 0 Å². The van der Waals surface area contributed by atoms with E-state index in [0.29, 0.717) is 6.04 Å². The summed E-state index contributed by atoms with van der Waals surface area (Å²) in [6, 6.07) is 5.39. The standard InChI is InChI=1S/C16H25NO2/c1-11(13-6-4-3-5-7-13)17-12(2)14-8-15(18)10-16(19)9-14/h8-13,17-19H,3-7H2,1-2H3/t11-,12?/m1/s1. The van der Waals surface area contributed by atoms with Gasteiger partial charge >= 0.3 is 0 Å². The highest BCUT2D eigenvalue weighted by Crippen LogP contribution is 2.29. The molecule has 1 saturated carbocycles. The van der Waals surface area contributed by atoms with Crippen LogP contribution in [-0.4, -0.2) is 16.3 Å². The van der Waals surface area contributed by atoms with E-state index in [-0.39, 0.29) is 17.5 Å². The number of aromatic hydroxyl groups is 2. The summed E-state index contributed by atoms with van der Waals surface area (Å²) in [5.41, 5.74) is 0.931. The van der Waals surface area contributed by atoms with E-state index in [0.717, 1.165) is 11.5 Å². The van der Waals surface area contributed by atoms with Crippen LogP contribution in [0.25, 0.3) is 0 Å². The summed E-state index contributed by atoms with van der Waals surface area (Å²) in [6.45, 7) is 4.32. The Morgan fingerprint density at radius 3 is 2.16 bits per heavy atom. The summed E-state index contributed by atoms with van der Waals surface area (Å²) in [7, 11) is 0. The molecule has 1 aromatic carbocycles. The van der Waals surface area contributed by atoms with Crippen molar-refractivity contribution in [1.82, 2.24) is 5.32 Å². The van der Waals surface area contributed by atoms with Gasteiger partial charge in [0.2, 0.25) is 0 Å². The largest absolute Gasteiger partial charge is 0.508 e. The fourth-order valence-corrected chi connectivity index (χ4v) is 3.13. The first-order valence-corrected chi connectivity index (χ1v) is 7.35. The van der Waals surface area contributed by atoms with Gasteiger partial charge in [-0.3, -0.25) is 0 Å². The Morgan fingerprint density at radius 2 is 1.58 bits per heavy atom. The number of phenolic OH excluding ortho intramolecular Hbond substituents is 2. The summed E-state index contributed by atoms with van der Waals surface area (Å²) >= 11 is 0. The Bertz CT molecular complexity index is 393. The Kier molecular flexibility index (Phi) is 4.70. The van der Waals surface area contributed by atoms with Crippen LogP contribution in [0.1, 0.15) is 57.6 Å². The molecule has 0 saturated heterocycles. The maximum atomic E-state index is 9.54. The van der Waals surface area contributed by atoms with E-state index < -0.39 is 0 Å². The average Bonchev–Trinajstić information content (AvgIpc) is 2.38. The van der Waals surface area contributed by atoms with Gasteiger partial charge in [-0.05, 0) is 50.3 Å². The minimum atomic E-state index is 0.119. The molecule has 0 aromatic heterocycles. The summed E-state index contributed by atoms with van der Waals surface area (Å²) < 4.78 is 0. The molecule has 0 aliphatic heterocycles. The van der Waals surface area contributed by atoms with Gasteiger partial charge in [0, 0.05) is 18.2 Å². The third-order valence-electron chi connectivity index (χ3n) is 4.29. The minimum Gasteiger partial charge on any atom is -0.508 e. The van der Waals surface area contributed by atoms with E-state index in [1.54, 1.807) is 12.1 Å². The van der Waals surface area contributed by atoms with Crippen LogP contribution < -0.4 is 5.32 Å². The predicted octanol–water partition coefficient (Wildman–Crippen LogP) is 3.72. The number of phenols is 2. The molecule has 2 rings (SSSR count). The summed E-state index contributed by atoms with van der Waals surface area (Å²) in [5, 5.41) is 22.7. The second kappa shape index (κ2) is 6.29. The highest BCUT2D eigenvalue weighted by molar-refractivity contribution is 5.37. The summed E-state index contributed by atoms with van der Waals surface area (Å²) in [5.74, 6) is 0.991. The molecule has 0 bridgehead atoms. The molecule has 3 N–H and O–H groups in total. The Balaban J connectivity index is 1.97. The lowest BCUT2D eigenvalue weighted by molar-refractivity contribution is 0.268. The lowest BCUT2D eigenvalue weighted by atomic mass is 9.84. The first-order valence-electron chi connectivity index (χ1n) is 7.35. The molecule has 19 heavy (non-hydrogen) atoms. The molecular formula is C16H25NO2. The van der Waals surface area contributed by atoms with Gasteiger partial charge in [-0.2, -0.15) is 0 Å². The van der Waals surface area contributed by atoms with Gasteiger partial charge in [-0.15, -0.1) is 0 Å². The van der Waals surface area contributed by atoms with Crippen molar-refractivity contribution in [2.24, 2.45) is 5.92 Å². The van der Waals surface area contributed by atoms with Crippen LogP contribution in [0.3, 0.4) is 0 Å². The Hall–Kier alpha value is -1.22. The van der Waals surface area contributed by atoms with Crippen LogP contribution >= 0.6 is 0 Å². The molecule has 2 atom stereocenters. The first kappa shape index (κ1) is 14.2. The van der Waals surface area contributed by atoms with Crippen molar-refractivity contribution in [3.8, 4) is 11.5 Å². The van der Waals surface area contributed by atoms with E-state index in [1.165, 1.54) is 38.2 Å². The molecule has 0 heterocycles. The molecule has 1 fully saturated rings. The van der Waals surface area contributed by atoms with Crippen LogP contribution in [0, 0.1) is 5.92 Å². The number of benzene rings is 1. The molecule has 106 valence electrons. The van der Waals surface area contributed by atoms with Gasteiger partial charge < -0.3 is 15.5 Å². The van der Waals surface area contributed by atoms with Gasteiger partial charge in [0.1, 0.15) is 11.5 Å². The number of hydrogen-bond donors (Lipinski definition) is 3. The number of rotatable bonds is 4. The van der Waals surface area contributed by atoms with Crippen LogP contribution in [0.5, 0.6) is 11.5 Å². The van der Waals surface area contributed by atoms with Gasteiger partial charge in [0.15, 0.2) is 0 Å². The van der Waals surface area contributed by atoms with Crippen molar-refractivity contribution in [3.63, 3.8) is 0 Å². The molecule has 1 unspecified atom stereocenters. The second-order valence-electron chi connectivity index (χ2n) is 5.86. The third kappa shape index (κ3) is 3.87. The van der Waals surface area contributed by atoms with Crippen LogP contribution in [0.15, 0.2) is 18.2 Å². The smallest absolute Gasteiger partial charge is 0.119 e. The van der Waals surface area contributed by atoms with Gasteiger partial charge in [0.05, 0.1) is 0 Å². The Morgan fingerprint density at radius 1 is 1.00 bits per heavy atom. The van der Waals surface area contributed by atoms with Crippen molar-refractivity contribution >= 4 is 0 Å². The zero-order chi connectivity index (χ0) is 13.8. The summed E-state index contributed by atoms with van der Waals surface area (Å²) in [6.07, 6.45) is 6.69. The van der Waals surface area contributed by atoms with Crippen molar-refractivity contribution in [2.45, 2.75) is 58.0 Å². The van der Waals surface area contributed by atoms with Crippen molar-refractivity contribution in [2.75, 3.05) is 0 Å². The van der Waals surface area contributed by atoms with Gasteiger partial charge in [-0.1, -0.05) is 19.3 Å². The highest BCUT2D eigenvalue weighted by atomic mass is 16.3. The first-order chi connectivity index (χ1) is 9.06. The molecule has 0 amide bonds. The van der Waals surface area contributed by atoms with E-state index in [1.807, 2.05) is 0 Å². The van der Waals surface area contributed by atoms with E-state index in [9.17, 15) is 10.2 Å². The van der Waals surface area contributed by atoms with Crippen molar-refractivity contribution < 1.29 is 10.2 Å². The number of hydrogen-bond acceptors (Lipinski definition) is 3. The number of nitrogens with one attached hydrogen (secondary N) is 1. The molecule has 1 aliphatic rings. The summed E-state index contributed by atoms with van der Waals surface area (Å²) in [4.78, 5) is 0. The van der Waals surface area contributed by atoms with Crippen molar-refractivity contribution in [1.29, 1.82) is 0 Å². The molecular weight excluding hydrogens is 238 g/mol. The fraction of sp³-hybridized carbons (Fsp3) is 0.625. The lowest BCUT2D eigenvalue weighted by Gasteiger charge is -2.31. The van der Waals surface area contributed by atoms with Crippen LogP contribution in [0.2, 0.25) is 0 Å². The van der Waals surface area contributed by atoms with Crippen LogP contribution in [-0.2, 0) is 0 Å². The fourth-order valence-electron chi connectivity index (χ4n) is 3.13. The third-order valence-corrected chi connectivity index (χ3v) is 4.29. The van der Waals surface area contributed by atoms with E-state index >= 15 is 0 Å². The zero-order valence-electron chi connectivity index (χ0n) is 11.9. The second-order valence-corrected chi connectivity index (χ2v) is 5.86. The van der Waals surface area contributed by atoms with Crippen molar-refractivity contribution in [3.05, 3.63) is 23.8 Å². The predicted molar refractivity (Wildman–Crippen MR) is 77.4 cm³/mol. The maximum Gasteiger partial charge on any atom is 0.119 e. The SMILES string of the molecule is CC(N[C@H](C)C1CCCCC1)c1cc(O)cc(O)c1. The van der Waals surface area contributed by atoms with Gasteiger partial charge in [0.25, 0.3) is 0 Å². The average molecular weight is 263 g/mol. The zero-order valence-corrected chi connectivity index (χ0v) is 11.9. The van der Waals surface area contributed by atoms with E-state index in [4.69, 9.17) is 0 Å². The maximum absolute atomic E-state index is 9.54. The quantitative estimate of drug-likeness (QED) is 0.776. The molecule has 0 radical (unpaired) electrons. The van der Waals surface area contributed by atoms with E-state index in [2.05, 4.69) is 19.2 Å². The molecule has 3 nitrogen and oxygen atoms in total. The topological polar surface area (TPSA) is 52.5 Å². The molecule has 1 aromatic rings. The monoisotopic (exact) mass is 263 g/mol. The normalized spacial score (nSPS) is 20.1.